The van der Waals surface area contributed by atoms with Gasteiger partial charge in [-0.15, -0.1) is 0 Å². The second kappa shape index (κ2) is 5.56. The van der Waals surface area contributed by atoms with Gasteiger partial charge < -0.3 is 5.11 Å². The summed E-state index contributed by atoms with van der Waals surface area (Å²) < 4.78 is 0. The molecule has 122 valence electrons. The number of fused-ring (bicyclic) bond motifs is 2. The van der Waals surface area contributed by atoms with Gasteiger partial charge in [0.05, 0.1) is 18.6 Å². The van der Waals surface area contributed by atoms with Crippen molar-refractivity contribution in [2.24, 2.45) is 0 Å². The molecule has 1 fully saturated rings. The average molecular weight is 321 g/mol. The Labute approximate surface area is 140 Å². The monoisotopic (exact) mass is 321 g/mol. The van der Waals surface area contributed by atoms with E-state index in [2.05, 4.69) is 6.07 Å². The largest absolute Gasteiger partial charge is 0.392 e. The van der Waals surface area contributed by atoms with Crippen molar-refractivity contribution in [2.45, 2.75) is 37.8 Å². The average Bonchev–Trinajstić information content (AvgIpc) is 3.10. The Balaban J connectivity index is 1.63. The summed E-state index contributed by atoms with van der Waals surface area (Å²) in [5.74, 6) is -0.161. The number of imide groups is 1. The van der Waals surface area contributed by atoms with Gasteiger partial charge in [-0.05, 0) is 35.1 Å². The van der Waals surface area contributed by atoms with E-state index in [1.54, 1.807) is 0 Å². The molecule has 1 spiro atoms. The first-order chi connectivity index (χ1) is 11.6. The number of aliphatic hydroxyl groups is 1. The van der Waals surface area contributed by atoms with Crippen LogP contribution in [-0.4, -0.2) is 21.8 Å². The molecule has 1 N–H and O–H groups in total. The SMILES string of the molecule is O=C1C[C@@]2(CCc3ccccc32)C(=O)N1Cc1ccc(CO)cc1. The second-order valence-corrected chi connectivity index (χ2v) is 6.68. The van der Waals surface area contributed by atoms with E-state index in [1.807, 2.05) is 42.5 Å². The normalized spacial score (nSPS) is 22.5. The topological polar surface area (TPSA) is 57.6 Å². The molecule has 4 heteroatoms. The van der Waals surface area contributed by atoms with Crippen molar-refractivity contribution in [1.82, 2.24) is 4.90 Å². The number of likely N-dealkylation sites (tertiary alicyclic amines) is 1. The van der Waals surface area contributed by atoms with E-state index in [1.165, 1.54) is 10.5 Å². The van der Waals surface area contributed by atoms with Gasteiger partial charge in [0.25, 0.3) is 0 Å². The highest BCUT2D eigenvalue weighted by atomic mass is 16.3. The third-order valence-electron chi connectivity index (χ3n) is 5.31. The van der Waals surface area contributed by atoms with Crippen molar-refractivity contribution < 1.29 is 14.7 Å². The summed E-state index contributed by atoms with van der Waals surface area (Å²) in [5.41, 5.74) is 3.28. The molecule has 0 bridgehead atoms. The Morgan fingerprint density at radius 2 is 1.71 bits per heavy atom. The van der Waals surface area contributed by atoms with Crippen LogP contribution in [0.5, 0.6) is 0 Å². The first kappa shape index (κ1) is 15.1. The number of aliphatic hydroxyl groups excluding tert-OH is 1. The smallest absolute Gasteiger partial charge is 0.240 e. The molecule has 1 saturated heterocycles. The van der Waals surface area contributed by atoms with Crippen LogP contribution in [0.2, 0.25) is 0 Å². The predicted molar refractivity (Wildman–Crippen MR) is 89.0 cm³/mol. The highest BCUT2D eigenvalue weighted by Crippen LogP contribution is 2.47. The molecule has 24 heavy (non-hydrogen) atoms. The van der Waals surface area contributed by atoms with Gasteiger partial charge in [-0.25, -0.2) is 0 Å². The van der Waals surface area contributed by atoms with E-state index < -0.39 is 5.41 Å². The number of amides is 2. The summed E-state index contributed by atoms with van der Waals surface area (Å²) in [6, 6.07) is 15.3. The number of nitrogens with zero attached hydrogens (tertiary/aromatic N) is 1. The van der Waals surface area contributed by atoms with Gasteiger partial charge in [-0.1, -0.05) is 48.5 Å². The third-order valence-corrected chi connectivity index (χ3v) is 5.31. The van der Waals surface area contributed by atoms with Crippen molar-refractivity contribution in [1.29, 1.82) is 0 Å². The molecule has 2 aromatic carbocycles. The van der Waals surface area contributed by atoms with Crippen molar-refractivity contribution >= 4 is 11.8 Å². The lowest BCUT2D eigenvalue weighted by molar-refractivity contribution is -0.140. The minimum absolute atomic E-state index is 0.0122. The number of rotatable bonds is 3. The van der Waals surface area contributed by atoms with Crippen LogP contribution in [0.4, 0.5) is 0 Å². The summed E-state index contributed by atoms with van der Waals surface area (Å²) in [4.78, 5) is 27.0. The number of carbonyl (C=O) groups is 2. The highest BCUT2D eigenvalue weighted by molar-refractivity contribution is 6.09. The Morgan fingerprint density at radius 3 is 2.46 bits per heavy atom. The van der Waals surface area contributed by atoms with E-state index in [0.29, 0.717) is 6.54 Å². The minimum Gasteiger partial charge on any atom is -0.392 e. The van der Waals surface area contributed by atoms with Crippen molar-refractivity contribution in [3.63, 3.8) is 0 Å². The zero-order valence-corrected chi connectivity index (χ0v) is 13.4. The lowest BCUT2D eigenvalue weighted by Crippen LogP contribution is -2.36. The molecule has 2 aliphatic rings. The number of carbonyl (C=O) groups excluding carboxylic acids is 2. The molecule has 1 aliphatic heterocycles. The molecule has 4 rings (SSSR count). The van der Waals surface area contributed by atoms with Crippen LogP contribution in [0.3, 0.4) is 0 Å². The van der Waals surface area contributed by atoms with Gasteiger partial charge in [-0.2, -0.15) is 0 Å². The molecule has 0 unspecified atom stereocenters. The lowest BCUT2D eigenvalue weighted by Gasteiger charge is -2.23. The summed E-state index contributed by atoms with van der Waals surface area (Å²) in [6.07, 6.45) is 1.85. The fourth-order valence-corrected chi connectivity index (χ4v) is 3.99. The maximum atomic E-state index is 13.1. The van der Waals surface area contributed by atoms with Crippen LogP contribution >= 0.6 is 0 Å². The molecule has 0 radical (unpaired) electrons. The van der Waals surface area contributed by atoms with Gasteiger partial charge in [0.1, 0.15) is 0 Å². The van der Waals surface area contributed by atoms with Crippen LogP contribution < -0.4 is 0 Å². The van der Waals surface area contributed by atoms with Gasteiger partial charge >= 0.3 is 0 Å². The predicted octanol–water partition coefficient (Wildman–Crippen LogP) is 2.32. The van der Waals surface area contributed by atoms with Crippen LogP contribution in [0.1, 0.15) is 35.1 Å². The Hall–Kier alpha value is -2.46. The summed E-state index contributed by atoms with van der Waals surface area (Å²) in [5, 5.41) is 9.11. The molecule has 0 aromatic heterocycles. The molecule has 2 amide bonds. The van der Waals surface area contributed by atoms with Crippen LogP contribution in [-0.2, 0) is 34.6 Å². The van der Waals surface area contributed by atoms with E-state index in [4.69, 9.17) is 5.11 Å². The zero-order chi connectivity index (χ0) is 16.7. The third kappa shape index (κ3) is 2.18. The Morgan fingerprint density at radius 1 is 1.00 bits per heavy atom. The van der Waals surface area contributed by atoms with E-state index in [0.717, 1.165) is 29.5 Å². The van der Waals surface area contributed by atoms with Crippen LogP contribution in [0, 0.1) is 0 Å². The number of hydrogen-bond donors (Lipinski definition) is 1. The zero-order valence-electron chi connectivity index (χ0n) is 13.4. The summed E-state index contributed by atoms with van der Waals surface area (Å²) in [7, 11) is 0. The standard InChI is InChI=1S/C20H19NO3/c22-13-15-7-5-14(6-8-15)12-21-18(23)11-20(19(21)24)10-9-16-3-1-2-4-17(16)20/h1-8,22H,9-13H2/t20-/m1/s1. The van der Waals surface area contributed by atoms with E-state index in [-0.39, 0.29) is 24.8 Å². The fraction of sp³-hybridized carbons (Fsp3) is 0.300. The summed E-state index contributed by atoms with van der Waals surface area (Å²) in [6.45, 7) is 0.287. The molecule has 4 nitrogen and oxygen atoms in total. The first-order valence-electron chi connectivity index (χ1n) is 8.26. The van der Waals surface area contributed by atoms with Gasteiger partial charge in [0, 0.05) is 6.42 Å². The van der Waals surface area contributed by atoms with E-state index >= 15 is 0 Å². The molecule has 0 saturated carbocycles. The number of hydrogen-bond acceptors (Lipinski definition) is 3. The van der Waals surface area contributed by atoms with Gasteiger partial charge in [0.2, 0.25) is 11.8 Å². The molecule has 1 heterocycles. The first-order valence-corrected chi connectivity index (χ1v) is 8.26. The lowest BCUT2D eigenvalue weighted by atomic mass is 9.80. The van der Waals surface area contributed by atoms with Crippen molar-refractivity contribution in [3.8, 4) is 0 Å². The number of benzene rings is 2. The van der Waals surface area contributed by atoms with Crippen molar-refractivity contribution in [2.75, 3.05) is 0 Å². The maximum absolute atomic E-state index is 13.1. The van der Waals surface area contributed by atoms with Crippen LogP contribution in [0.15, 0.2) is 48.5 Å². The van der Waals surface area contributed by atoms with Gasteiger partial charge in [0.15, 0.2) is 0 Å². The molecule has 2 aromatic rings. The Kier molecular flexibility index (Phi) is 3.50. The number of aryl methyl sites for hydroxylation is 1. The maximum Gasteiger partial charge on any atom is 0.240 e. The quantitative estimate of drug-likeness (QED) is 0.883. The fourth-order valence-electron chi connectivity index (χ4n) is 3.99. The van der Waals surface area contributed by atoms with Gasteiger partial charge in [-0.3, -0.25) is 14.5 Å². The van der Waals surface area contributed by atoms with Crippen molar-refractivity contribution in [3.05, 3.63) is 70.8 Å². The summed E-state index contributed by atoms with van der Waals surface area (Å²) >= 11 is 0. The van der Waals surface area contributed by atoms with Crippen LogP contribution in [0.25, 0.3) is 0 Å². The minimum atomic E-state index is -0.654. The highest BCUT2D eigenvalue weighted by Gasteiger charge is 2.55. The molecule has 1 aliphatic carbocycles. The Bertz CT molecular complexity index is 812. The molecular formula is C20H19NO3. The molecular weight excluding hydrogens is 302 g/mol. The molecule has 1 atom stereocenters. The second-order valence-electron chi connectivity index (χ2n) is 6.68. The van der Waals surface area contributed by atoms with E-state index in [9.17, 15) is 9.59 Å².